The Labute approximate surface area is 108 Å². The highest BCUT2D eigenvalue weighted by Gasteiger charge is 2.27. The molecule has 7 heteroatoms. The number of anilines is 2. The molecule has 0 aromatic heterocycles. The Kier molecular flexibility index (Phi) is 5.62. The third-order valence-corrected chi connectivity index (χ3v) is 2.13. The van der Waals surface area contributed by atoms with Crippen molar-refractivity contribution in [3.63, 3.8) is 0 Å². The lowest BCUT2D eigenvalue weighted by molar-refractivity contribution is -0.174. The van der Waals surface area contributed by atoms with E-state index in [2.05, 4.69) is 10.1 Å². The molecule has 0 aliphatic carbocycles. The van der Waals surface area contributed by atoms with E-state index in [0.29, 0.717) is 11.4 Å². The maximum Gasteiger partial charge on any atom is 0.411 e. The van der Waals surface area contributed by atoms with Crippen LogP contribution < -0.4 is 11.1 Å². The summed E-state index contributed by atoms with van der Waals surface area (Å²) in [6.07, 6.45) is -4.01. The summed E-state index contributed by atoms with van der Waals surface area (Å²) in [4.78, 5) is 11.5. The zero-order chi connectivity index (χ0) is 14.3. The zero-order valence-corrected chi connectivity index (χ0v) is 10.2. The van der Waals surface area contributed by atoms with E-state index >= 15 is 0 Å². The Morgan fingerprint density at radius 3 is 2.74 bits per heavy atom. The molecule has 1 aromatic rings. The number of rotatable bonds is 6. The van der Waals surface area contributed by atoms with Crippen LogP contribution in [0.25, 0.3) is 0 Å². The van der Waals surface area contributed by atoms with Crippen LogP contribution in [0.4, 0.5) is 24.5 Å². The molecule has 0 aliphatic rings. The number of benzene rings is 1. The van der Waals surface area contributed by atoms with Crippen molar-refractivity contribution in [1.82, 2.24) is 0 Å². The fraction of sp³-hybridized carbons (Fsp3) is 0.417. The lowest BCUT2D eigenvalue weighted by Crippen LogP contribution is -2.18. The van der Waals surface area contributed by atoms with Crippen molar-refractivity contribution in [2.45, 2.75) is 19.0 Å². The smallest absolute Gasteiger partial charge is 0.399 e. The van der Waals surface area contributed by atoms with Crippen LogP contribution in [0.2, 0.25) is 0 Å². The number of nitrogens with two attached hydrogens (primary N) is 1. The van der Waals surface area contributed by atoms with Gasteiger partial charge in [-0.25, -0.2) is 0 Å². The lowest BCUT2D eigenvalue weighted by Gasteiger charge is -2.08. The molecule has 0 fully saturated rings. The summed E-state index contributed by atoms with van der Waals surface area (Å²) in [5.41, 5.74) is 6.61. The van der Waals surface area contributed by atoms with Gasteiger partial charge in [0.2, 0.25) is 5.91 Å². The summed E-state index contributed by atoms with van der Waals surface area (Å²) in [6, 6.07) is 6.64. The van der Waals surface area contributed by atoms with Gasteiger partial charge in [-0.2, -0.15) is 13.2 Å². The van der Waals surface area contributed by atoms with Crippen LogP contribution in [0.3, 0.4) is 0 Å². The first-order valence-electron chi connectivity index (χ1n) is 5.67. The van der Waals surface area contributed by atoms with E-state index in [-0.39, 0.29) is 25.4 Å². The largest absolute Gasteiger partial charge is 0.411 e. The molecular weight excluding hydrogens is 261 g/mol. The lowest BCUT2D eigenvalue weighted by atomic mass is 10.2. The minimum atomic E-state index is -4.33. The highest BCUT2D eigenvalue weighted by atomic mass is 19.4. The molecule has 0 saturated carbocycles. The van der Waals surface area contributed by atoms with Crippen molar-refractivity contribution in [3.8, 4) is 0 Å². The second kappa shape index (κ2) is 6.98. The highest BCUT2D eigenvalue weighted by Crippen LogP contribution is 2.15. The highest BCUT2D eigenvalue weighted by molar-refractivity contribution is 5.91. The van der Waals surface area contributed by atoms with E-state index in [4.69, 9.17) is 5.73 Å². The van der Waals surface area contributed by atoms with E-state index in [1.165, 1.54) is 0 Å². The van der Waals surface area contributed by atoms with E-state index in [1.807, 2.05) is 0 Å². The fourth-order valence-electron chi connectivity index (χ4n) is 1.36. The Balaban J connectivity index is 2.18. The quantitative estimate of drug-likeness (QED) is 0.620. The van der Waals surface area contributed by atoms with E-state index in [1.54, 1.807) is 24.3 Å². The van der Waals surface area contributed by atoms with Crippen LogP contribution in [0, 0.1) is 0 Å². The first kappa shape index (κ1) is 15.3. The molecule has 0 atom stereocenters. The molecule has 0 radical (unpaired) electrons. The number of nitrogen functional groups attached to an aromatic ring is 1. The van der Waals surface area contributed by atoms with Gasteiger partial charge in [0.15, 0.2) is 0 Å². The number of carbonyl (C=O) groups excluding carboxylic acids is 1. The maximum absolute atomic E-state index is 11.8. The van der Waals surface area contributed by atoms with E-state index in [9.17, 15) is 18.0 Å². The Bertz CT molecular complexity index is 422. The summed E-state index contributed by atoms with van der Waals surface area (Å²) in [5.74, 6) is -0.291. The number of alkyl halides is 3. The summed E-state index contributed by atoms with van der Waals surface area (Å²) in [5, 5.41) is 2.59. The number of ether oxygens (including phenoxy) is 1. The summed E-state index contributed by atoms with van der Waals surface area (Å²) in [6.45, 7) is -1.40. The van der Waals surface area contributed by atoms with Crippen LogP contribution >= 0.6 is 0 Å². The van der Waals surface area contributed by atoms with Gasteiger partial charge >= 0.3 is 6.18 Å². The molecule has 0 aliphatic heterocycles. The van der Waals surface area contributed by atoms with Gasteiger partial charge in [0, 0.05) is 24.4 Å². The number of hydrogen-bond acceptors (Lipinski definition) is 3. The summed E-state index contributed by atoms with van der Waals surface area (Å²) in [7, 11) is 0. The molecule has 19 heavy (non-hydrogen) atoms. The molecule has 0 bridgehead atoms. The van der Waals surface area contributed by atoms with Crippen LogP contribution in [0.5, 0.6) is 0 Å². The minimum absolute atomic E-state index is 0.0899. The standard InChI is InChI=1S/C12H15F3N2O2/c13-12(14,15)8-19-6-2-5-11(18)17-10-4-1-3-9(16)7-10/h1,3-4,7H,2,5-6,8,16H2,(H,17,18). The summed E-state index contributed by atoms with van der Waals surface area (Å²) >= 11 is 0. The molecule has 3 N–H and O–H groups in total. The van der Waals surface area contributed by atoms with Crippen molar-refractivity contribution in [2.75, 3.05) is 24.3 Å². The van der Waals surface area contributed by atoms with Crippen molar-refractivity contribution < 1.29 is 22.7 Å². The second-order valence-corrected chi connectivity index (χ2v) is 3.94. The topological polar surface area (TPSA) is 64.3 Å². The third-order valence-electron chi connectivity index (χ3n) is 2.13. The Hall–Kier alpha value is -1.76. The van der Waals surface area contributed by atoms with Gasteiger partial charge in [-0.05, 0) is 24.6 Å². The van der Waals surface area contributed by atoms with E-state index in [0.717, 1.165) is 0 Å². The minimum Gasteiger partial charge on any atom is -0.399 e. The molecule has 1 aromatic carbocycles. The van der Waals surface area contributed by atoms with Gasteiger partial charge in [0.25, 0.3) is 0 Å². The first-order chi connectivity index (χ1) is 8.87. The first-order valence-corrected chi connectivity index (χ1v) is 5.67. The van der Waals surface area contributed by atoms with Crippen molar-refractivity contribution in [2.24, 2.45) is 0 Å². The average Bonchev–Trinajstić information content (AvgIpc) is 2.26. The molecule has 4 nitrogen and oxygen atoms in total. The second-order valence-electron chi connectivity index (χ2n) is 3.94. The summed E-state index contributed by atoms with van der Waals surface area (Å²) < 4.78 is 39.6. The number of hydrogen-bond donors (Lipinski definition) is 2. The predicted octanol–water partition coefficient (Wildman–Crippen LogP) is 2.57. The SMILES string of the molecule is Nc1cccc(NC(=O)CCCOCC(F)(F)F)c1. The van der Waals surface area contributed by atoms with Gasteiger partial charge in [0.05, 0.1) is 0 Å². The average molecular weight is 276 g/mol. The van der Waals surface area contributed by atoms with Crippen LogP contribution in [0.1, 0.15) is 12.8 Å². The molecule has 0 spiro atoms. The van der Waals surface area contributed by atoms with Gasteiger partial charge in [-0.3, -0.25) is 4.79 Å². The monoisotopic (exact) mass is 276 g/mol. The van der Waals surface area contributed by atoms with E-state index < -0.39 is 12.8 Å². The maximum atomic E-state index is 11.8. The number of carbonyl (C=O) groups is 1. The fourth-order valence-corrected chi connectivity index (χ4v) is 1.36. The number of halogens is 3. The molecule has 0 saturated heterocycles. The van der Waals surface area contributed by atoms with Gasteiger partial charge in [-0.15, -0.1) is 0 Å². The normalized spacial score (nSPS) is 11.3. The van der Waals surface area contributed by atoms with Crippen molar-refractivity contribution in [1.29, 1.82) is 0 Å². The zero-order valence-electron chi connectivity index (χ0n) is 10.2. The molecule has 1 amide bonds. The Morgan fingerprint density at radius 2 is 2.11 bits per heavy atom. The molecule has 1 rings (SSSR count). The molecular formula is C12H15F3N2O2. The number of nitrogens with one attached hydrogen (secondary N) is 1. The predicted molar refractivity (Wildman–Crippen MR) is 65.6 cm³/mol. The van der Waals surface area contributed by atoms with Crippen LogP contribution in [-0.4, -0.2) is 25.3 Å². The third kappa shape index (κ3) is 7.30. The number of amides is 1. The van der Waals surface area contributed by atoms with Crippen LogP contribution in [-0.2, 0) is 9.53 Å². The van der Waals surface area contributed by atoms with Crippen LogP contribution in [0.15, 0.2) is 24.3 Å². The van der Waals surface area contributed by atoms with Gasteiger partial charge < -0.3 is 15.8 Å². The van der Waals surface area contributed by atoms with Gasteiger partial charge in [-0.1, -0.05) is 6.07 Å². The van der Waals surface area contributed by atoms with Gasteiger partial charge in [0.1, 0.15) is 6.61 Å². The Morgan fingerprint density at radius 1 is 1.37 bits per heavy atom. The van der Waals surface area contributed by atoms with Crippen molar-refractivity contribution in [3.05, 3.63) is 24.3 Å². The molecule has 106 valence electrons. The van der Waals surface area contributed by atoms with Crippen molar-refractivity contribution >= 4 is 17.3 Å². The molecule has 0 heterocycles. The molecule has 0 unspecified atom stereocenters.